The van der Waals surface area contributed by atoms with E-state index >= 15 is 0 Å². The molecule has 0 atom stereocenters. The number of esters is 1. The van der Waals surface area contributed by atoms with Crippen molar-refractivity contribution >= 4 is 5.97 Å². The first-order valence-corrected chi connectivity index (χ1v) is 4.65. The minimum Gasteiger partial charge on any atom is -0.469 e. The molecule has 0 bridgehead atoms. The first kappa shape index (κ1) is 9.52. The molecule has 0 heterocycles. The fourth-order valence-electron chi connectivity index (χ4n) is 1.85. The second kappa shape index (κ2) is 4.45. The third kappa shape index (κ3) is 2.21. The Labute approximate surface area is 73.5 Å². The summed E-state index contributed by atoms with van der Waals surface area (Å²) in [5.74, 6) is 0.149. The van der Waals surface area contributed by atoms with Gasteiger partial charge in [0, 0.05) is 12.8 Å². The number of nitrogens with two attached hydrogens (primary N) is 1. The predicted molar refractivity (Wildman–Crippen MR) is 45.6 cm³/mol. The van der Waals surface area contributed by atoms with Crippen LogP contribution in [0.25, 0.3) is 0 Å². The van der Waals surface area contributed by atoms with Crippen LogP contribution < -0.4 is 5.32 Å². The SMILES string of the molecule is C[NH2+]C1CCC(C(=O)OC)CC1. The second-order valence-electron chi connectivity index (χ2n) is 3.47. The zero-order valence-electron chi connectivity index (χ0n) is 7.88. The van der Waals surface area contributed by atoms with Crippen LogP contribution in [0.2, 0.25) is 0 Å². The summed E-state index contributed by atoms with van der Waals surface area (Å²) in [5.41, 5.74) is 0. The van der Waals surface area contributed by atoms with E-state index in [2.05, 4.69) is 12.4 Å². The van der Waals surface area contributed by atoms with Gasteiger partial charge in [0.1, 0.15) is 0 Å². The van der Waals surface area contributed by atoms with Gasteiger partial charge in [-0.25, -0.2) is 0 Å². The number of hydrogen-bond donors (Lipinski definition) is 1. The van der Waals surface area contributed by atoms with Crippen molar-refractivity contribution in [1.82, 2.24) is 0 Å². The molecular formula is C9H18NO2+. The first-order valence-electron chi connectivity index (χ1n) is 4.65. The standard InChI is InChI=1S/C9H17NO2/c1-10-8-5-3-7(4-6-8)9(11)12-2/h7-8,10H,3-6H2,1-2H3/p+1. The van der Waals surface area contributed by atoms with Gasteiger partial charge in [-0.05, 0) is 12.8 Å². The zero-order chi connectivity index (χ0) is 8.97. The van der Waals surface area contributed by atoms with Crippen LogP contribution in [0.5, 0.6) is 0 Å². The summed E-state index contributed by atoms with van der Waals surface area (Å²) < 4.78 is 4.71. The minimum absolute atomic E-state index is 0.0236. The molecule has 0 aromatic rings. The summed E-state index contributed by atoms with van der Waals surface area (Å²) in [5, 5.41) is 2.24. The van der Waals surface area contributed by atoms with Crippen molar-refractivity contribution in [2.24, 2.45) is 5.92 Å². The Hall–Kier alpha value is -0.570. The molecule has 2 N–H and O–H groups in total. The molecule has 1 saturated carbocycles. The summed E-state index contributed by atoms with van der Waals surface area (Å²) in [4.78, 5) is 11.1. The Morgan fingerprint density at radius 1 is 1.33 bits per heavy atom. The number of carbonyl (C=O) groups excluding carboxylic acids is 1. The number of quaternary nitrogens is 1. The molecule has 12 heavy (non-hydrogen) atoms. The van der Waals surface area contributed by atoms with Gasteiger partial charge in [0.05, 0.1) is 26.1 Å². The van der Waals surface area contributed by atoms with E-state index in [9.17, 15) is 4.79 Å². The highest BCUT2D eigenvalue weighted by Crippen LogP contribution is 2.23. The van der Waals surface area contributed by atoms with Gasteiger partial charge in [-0.15, -0.1) is 0 Å². The van der Waals surface area contributed by atoms with Gasteiger partial charge in [0.25, 0.3) is 0 Å². The molecule has 0 amide bonds. The van der Waals surface area contributed by atoms with Gasteiger partial charge in [-0.2, -0.15) is 0 Å². The maximum Gasteiger partial charge on any atom is 0.308 e. The van der Waals surface area contributed by atoms with Crippen LogP contribution in [0, 0.1) is 5.92 Å². The molecule has 1 rings (SSSR count). The van der Waals surface area contributed by atoms with Gasteiger partial charge in [-0.3, -0.25) is 4.79 Å². The Bertz CT molecular complexity index is 151. The van der Waals surface area contributed by atoms with Crippen molar-refractivity contribution in [3.63, 3.8) is 0 Å². The highest BCUT2D eigenvalue weighted by Gasteiger charge is 2.27. The molecule has 0 radical (unpaired) electrons. The molecule has 0 spiro atoms. The fraction of sp³-hybridized carbons (Fsp3) is 0.889. The summed E-state index contributed by atoms with van der Waals surface area (Å²) in [6.45, 7) is 0. The molecule has 0 aromatic carbocycles. The molecule has 0 saturated heterocycles. The van der Waals surface area contributed by atoms with E-state index in [1.807, 2.05) is 0 Å². The molecular weight excluding hydrogens is 154 g/mol. The molecule has 1 aliphatic rings. The number of hydrogen-bond acceptors (Lipinski definition) is 2. The largest absolute Gasteiger partial charge is 0.469 e. The van der Waals surface area contributed by atoms with E-state index in [-0.39, 0.29) is 11.9 Å². The second-order valence-corrected chi connectivity index (χ2v) is 3.47. The Balaban J connectivity index is 2.30. The van der Waals surface area contributed by atoms with Crippen molar-refractivity contribution < 1.29 is 14.8 Å². The molecule has 1 aliphatic carbocycles. The van der Waals surface area contributed by atoms with E-state index in [0.29, 0.717) is 0 Å². The van der Waals surface area contributed by atoms with Crippen LogP contribution in [0.4, 0.5) is 0 Å². The number of ether oxygens (including phenoxy) is 1. The topological polar surface area (TPSA) is 42.9 Å². The lowest BCUT2D eigenvalue weighted by atomic mass is 9.86. The summed E-state index contributed by atoms with van der Waals surface area (Å²) in [6.07, 6.45) is 4.30. The van der Waals surface area contributed by atoms with Crippen LogP contribution in [-0.2, 0) is 9.53 Å². The van der Waals surface area contributed by atoms with Crippen molar-refractivity contribution in [3.05, 3.63) is 0 Å². The van der Waals surface area contributed by atoms with Crippen molar-refractivity contribution in [1.29, 1.82) is 0 Å². The number of methoxy groups -OCH3 is 1. The Morgan fingerprint density at radius 2 is 1.92 bits per heavy atom. The van der Waals surface area contributed by atoms with Crippen LogP contribution in [0.3, 0.4) is 0 Å². The van der Waals surface area contributed by atoms with Crippen molar-refractivity contribution in [2.75, 3.05) is 14.2 Å². The van der Waals surface area contributed by atoms with Crippen LogP contribution in [0.1, 0.15) is 25.7 Å². The quantitative estimate of drug-likeness (QED) is 0.592. The Kier molecular flexibility index (Phi) is 3.53. The summed E-state index contributed by atoms with van der Waals surface area (Å²) in [7, 11) is 3.57. The van der Waals surface area contributed by atoms with E-state index in [1.165, 1.54) is 7.11 Å². The highest BCUT2D eigenvalue weighted by molar-refractivity contribution is 5.72. The predicted octanol–water partition coefficient (Wildman–Crippen LogP) is -0.0886. The van der Waals surface area contributed by atoms with Gasteiger partial charge >= 0.3 is 5.97 Å². The van der Waals surface area contributed by atoms with Gasteiger partial charge < -0.3 is 10.1 Å². The molecule has 1 fully saturated rings. The molecule has 70 valence electrons. The molecule has 3 nitrogen and oxygen atoms in total. The van der Waals surface area contributed by atoms with Gasteiger partial charge in [0.2, 0.25) is 0 Å². The Morgan fingerprint density at radius 3 is 2.33 bits per heavy atom. The van der Waals surface area contributed by atoms with Gasteiger partial charge in [-0.1, -0.05) is 0 Å². The average molecular weight is 172 g/mol. The smallest absolute Gasteiger partial charge is 0.308 e. The zero-order valence-corrected chi connectivity index (χ0v) is 7.88. The number of carbonyl (C=O) groups is 1. The summed E-state index contributed by atoms with van der Waals surface area (Å²) >= 11 is 0. The molecule has 0 aromatic heterocycles. The lowest BCUT2D eigenvalue weighted by Crippen LogP contribution is -2.86. The van der Waals surface area contributed by atoms with Crippen LogP contribution in [0.15, 0.2) is 0 Å². The molecule has 0 aliphatic heterocycles. The third-order valence-electron chi connectivity index (χ3n) is 2.78. The van der Waals surface area contributed by atoms with Crippen LogP contribution >= 0.6 is 0 Å². The maximum absolute atomic E-state index is 11.1. The van der Waals surface area contributed by atoms with Crippen LogP contribution in [-0.4, -0.2) is 26.2 Å². The van der Waals surface area contributed by atoms with Crippen molar-refractivity contribution in [2.45, 2.75) is 31.7 Å². The van der Waals surface area contributed by atoms with E-state index < -0.39 is 0 Å². The van der Waals surface area contributed by atoms with Crippen molar-refractivity contribution in [3.8, 4) is 0 Å². The lowest BCUT2D eigenvalue weighted by Gasteiger charge is -2.24. The average Bonchev–Trinajstić information content (AvgIpc) is 2.17. The fourth-order valence-corrected chi connectivity index (χ4v) is 1.85. The van der Waals surface area contributed by atoms with E-state index in [0.717, 1.165) is 31.7 Å². The van der Waals surface area contributed by atoms with E-state index in [4.69, 9.17) is 4.74 Å². The lowest BCUT2D eigenvalue weighted by molar-refractivity contribution is -0.666. The normalized spacial score (nSPS) is 29.8. The highest BCUT2D eigenvalue weighted by atomic mass is 16.5. The van der Waals surface area contributed by atoms with E-state index in [1.54, 1.807) is 0 Å². The third-order valence-corrected chi connectivity index (χ3v) is 2.78. The van der Waals surface area contributed by atoms with Gasteiger partial charge in [0.15, 0.2) is 0 Å². The maximum atomic E-state index is 11.1. The minimum atomic E-state index is -0.0236. The monoisotopic (exact) mass is 172 g/mol. The molecule has 0 unspecified atom stereocenters. The molecule has 3 heteroatoms. The first-order chi connectivity index (χ1) is 5.77. The summed E-state index contributed by atoms with van der Waals surface area (Å²) in [6, 6.07) is 0.728. The number of rotatable bonds is 2.